The SMILES string of the molecule is COc1c(CN(C)C)cccc1C1OC(c2ccncc2)=NN1C(C)=Nc1ccccc1. The molecule has 32 heavy (non-hydrogen) atoms. The number of aromatic nitrogens is 1. The minimum absolute atomic E-state index is 0.511. The lowest BCUT2D eigenvalue weighted by Gasteiger charge is -2.25. The standard InChI is InChI=1S/C25H27N5O2/c1-18(27-21-10-6-5-7-11-21)30-25(32-24(28-30)19-13-15-26-16-14-19)22-12-8-9-20(17-29(2)3)23(22)31-4/h5-16,25H,17H2,1-4H3. The van der Waals surface area contributed by atoms with Crippen LogP contribution < -0.4 is 4.74 Å². The van der Waals surface area contributed by atoms with Crippen molar-refractivity contribution in [3.05, 3.63) is 89.7 Å². The Kier molecular flexibility index (Phi) is 6.47. The van der Waals surface area contributed by atoms with E-state index in [9.17, 15) is 0 Å². The molecule has 164 valence electrons. The Morgan fingerprint density at radius 1 is 1.06 bits per heavy atom. The minimum atomic E-state index is -0.511. The summed E-state index contributed by atoms with van der Waals surface area (Å²) in [6.45, 7) is 2.68. The predicted molar refractivity (Wildman–Crippen MR) is 126 cm³/mol. The second-order valence-electron chi connectivity index (χ2n) is 7.73. The zero-order valence-corrected chi connectivity index (χ0v) is 18.8. The molecule has 1 aliphatic heterocycles. The average Bonchev–Trinajstić information content (AvgIpc) is 3.25. The number of hydrazone groups is 1. The number of nitrogens with zero attached hydrogens (tertiary/aromatic N) is 5. The Morgan fingerprint density at radius 3 is 2.50 bits per heavy atom. The lowest BCUT2D eigenvalue weighted by atomic mass is 10.1. The van der Waals surface area contributed by atoms with Crippen LogP contribution in [0, 0.1) is 0 Å². The molecule has 1 unspecified atom stereocenters. The molecule has 1 atom stereocenters. The largest absolute Gasteiger partial charge is 0.496 e. The number of rotatable bonds is 6. The summed E-state index contributed by atoms with van der Waals surface area (Å²) in [5, 5.41) is 6.59. The van der Waals surface area contributed by atoms with Gasteiger partial charge in [0.1, 0.15) is 11.6 Å². The number of aliphatic imine (C=N–C) groups is 1. The third-order valence-corrected chi connectivity index (χ3v) is 5.03. The summed E-state index contributed by atoms with van der Waals surface area (Å²) in [6, 6.07) is 19.7. The first-order chi connectivity index (χ1) is 15.6. The number of methoxy groups -OCH3 is 1. The van der Waals surface area contributed by atoms with Gasteiger partial charge in [-0.25, -0.2) is 10.0 Å². The molecule has 0 spiro atoms. The van der Waals surface area contributed by atoms with Crippen LogP contribution in [0.5, 0.6) is 5.75 Å². The fourth-order valence-corrected chi connectivity index (χ4v) is 3.64. The lowest BCUT2D eigenvalue weighted by Crippen LogP contribution is -2.26. The van der Waals surface area contributed by atoms with Crippen molar-refractivity contribution in [3.8, 4) is 5.75 Å². The van der Waals surface area contributed by atoms with Crippen LogP contribution in [0.2, 0.25) is 0 Å². The first-order valence-corrected chi connectivity index (χ1v) is 10.4. The molecule has 2 heterocycles. The molecule has 0 bridgehead atoms. The number of hydrogen-bond donors (Lipinski definition) is 0. The molecule has 0 radical (unpaired) electrons. The van der Waals surface area contributed by atoms with Crippen molar-refractivity contribution >= 4 is 17.4 Å². The van der Waals surface area contributed by atoms with Crippen LogP contribution in [0.1, 0.15) is 29.8 Å². The van der Waals surface area contributed by atoms with Gasteiger partial charge in [0.05, 0.1) is 18.4 Å². The highest BCUT2D eigenvalue weighted by Gasteiger charge is 2.35. The van der Waals surface area contributed by atoms with Gasteiger partial charge in [-0.2, -0.15) is 0 Å². The van der Waals surface area contributed by atoms with Gasteiger partial charge in [-0.05, 0) is 51.4 Å². The fourth-order valence-electron chi connectivity index (χ4n) is 3.64. The Balaban J connectivity index is 1.77. The number of pyridine rings is 1. The molecular weight excluding hydrogens is 402 g/mol. The molecule has 2 aromatic carbocycles. The number of hydrogen-bond acceptors (Lipinski definition) is 6. The molecule has 4 rings (SSSR count). The van der Waals surface area contributed by atoms with E-state index in [0.29, 0.717) is 11.7 Å². The molecule has 0 N–H and O–H groups in total. The Labute approximate surface area is 188 Å². The maximum atomic E-state index is 6.38. The van der Waals surface area contributed by atoms with E-state index in [1.807, 2.05) is 75.6 Å². The van der Waals surface area contributed by atoms with E-state index in [2.05, 4.69) is 16.0 Å². The predicted octanol–water partition coefficient (Wildman–Crippen LogP) is 4.59. The van der Waals surface area contributed by atoms with Crippen molar-refractivity contribution in [2.24, 2.45) is 10.1 Å². The summed E-state index contributed by atoms with van der Waals surface area (Å²) in [5.41, 5.74) is 3.67. The quantitative estimate of drug-likeness (QED) is 0.423. The van der Waals surface area contributed by atoms with E-state index < -0.39 is 6.23 Å². The van der Waals surface area contributed by atoms with E-state index >= 15 is 0 Å². The second-order valence-corrected chi connectivity index (χ2v) is 7.73. The lowest BCUT2D eigenvalue weighted by molar-refractivity contribution is 0.107. The number of ether oxygens (including phenoxy) is 2. The molecule has 0 amide bonds. The third-order valence-electron chi connectivity index (χ3n) is 5.03. The average molecular weight is 430 g/mol. The molecule has 0 saturated heterocycles. The smallest absolute Gasteiger partial charge is 0.241 e. The third kappa shape index (κ3) is 4.63. The Bertz CT molecular complexity index is 1110. The summed E-state index contributed by atoms with van der Waals surface area (Å²) in [5.74, 6) is 2.01. The van der Waals surface area contributed by atoms with Crippen LogP contribution in [0.3, 0.4) is 0 Å². The molecule has 0 saturated carbocycles. The van der Waals surface area contributed by atoms with Crippen LogP contribution in [-0.4, -0.2) is 47.8 Å². The van der Waals surface area contributed by atoms with E-state index in [-0.39, 0.29) is 0 Å². The first-order valence-electron chi connectivity index (χ1n) is 10.4. The molecule has 1 aromatic heterocycles. The molecule has 7 nitrogen and oxygen atoms in total. The highest BCUT2D eigenvalue weighted by atomic mass is 16.5. The highest BCUT2D eigenvalue weighted by Crippen LogP contribution is 2.38. The second kappa shape index (κ2) is 9.62. The van der Waals surface area contributed by atoms with Crippen molar-refractivity contribution < 1.29 is 9.47 Å². The van der Waals surface area contributed by atoms with Gasteiger partial charge in [0.2, 0.25) is 12.1 Å². The summed E-state index contributed by atoms with van der Waals surface area (Å²) in [6.07, 6.45) is 2.94. The Morgan fingerprint density at radius 2 is 1.81 bits per heavy atom. The van der Waals surface area contributed by atoms with Crippen LogP contribution in [0.15, 0.2) is 83.2 Å². The van der Waals surface area contributed by atoms with Gasteiger partial charge in [-0.3, -0.25) is 4.98 Å². The molecule has 1 aliphatic rings. The topological polar surface area (TPSA) is 62.6 Å². The van der Waals surface area contributed by atoms with Gasteiger partial charge in [-0.15, -0.1) is 5.10 Å². The van der Waals surface area contributed by atoms with Gasteiger partial charge < -0.3 is 14.4 Å². The van der Waals surface area contributed by atoms with Crippen LogP contribution >= 0.6 is 0 Å². The van der Waals surface area contributed by atoms with Gasteiger partial charge in [-0.1, -0.05) is 30.3 Å². The molecule has 7 heteroatoms. The summed E-state index contributed by atoms with van der Waals surface area (Å²) in [4.78, 5) is 11.0. The van der Waals surface area contributed by atoms with Crippen molar-refractivity contribution in [2.45, 2.75) is 19.7 Å². The zero-order chi connectivity index (χ0) is 22.5. The molecule has 0 fully saturated rings. The van der Waals surface area contributed by atoms with Crippen molar-refractivity contribution in [1.29, 1.82) is 0 Å². The normalized spacial score (nSPS) is 16.2. The summed E-state index contributed by atoms with van der Waals surface area (Å²) in [7, 11) is 5.75. The molecule has 3 aromatic rings. The van der Waals surface area contributed by atoms with Gasteiger partial charge in [0, 0.05) is 30.1 Å². The van der Waals surface area contributed by atoms with Crippen molar-refractivity contribution in [3.63, 3.8) is 0 Å². The first kappa shape index (κ1) is 21.5. The number of benzene rings is 2. The molecular formula is C25H27N5O2. The number of para-hydroxylation sites is 2. The van der Waals surface area contributed by atoms with Gasteiger partial charge in [0.25, 0.3) is 0 Å². The summed E-state index contributed by atoms with van der Waals surface area (Å²) >= 11 is 0. The van der Waals surface area contributed by atoms with E-state index in [4.69, 9.17) is 19.6 Å². The highest BCUT2D eigenvalue weighted by molar-refractivity contribution is 5.97. The van der Waals surface area contributed by atoms with E-state index in [0.717, 1.165) is 34.7 Å². The van der Waals surface area contributed by atoms with E-state index in [1.54, 1.807) is 24.5 Å². The maximum absolute atomic E-state index is 6.38. The van der Waals surface area contributed by atoms with Crippen molar-refractivity contribution in [1.82, 2.24) is 14.9 Å². The minimum Gasteiger partial charge on any atom is -0.496 e. The van der Waals surface area contributed by atoms with Gasteiger partial charge in [0.15, 0.2) is 0 Å². The monoisotopic (exact) mass is 429 g/mol. The Hall–Kier alpha value is -3.71. The van der Waals surface area contributed by atoms with Crippen LogP contribution in [0.25, 0.3) is 0 Å². The van der Waals surface area contributed by atoms with E-state index in [1.165, 1.54) is 0 Å². The zero-order valence-electron chi connectivity index (χ0n) is 18.8. The fraction of sp³-hybridized carbons (Fsp3) is 0.240. The van der Waals surface area contributed by atoms with Crippen molar-refractivity contribution in [2.75, 3.05) is 21.2 Å². The van der Waals surface area contributed by atoms with Gasteiger partial charge >= 0.3 is 0 Å². The molecule has 0 aliphatic carbocycles. The maximum Gasteiger partial charge on any atom is 0.241 e. The van der Waals surface area contributed by atoms with Crippen LogP contribution in [0.4, 0.5) is 5.69 Å². The number of amidine groups is 1. The summed E-state index contributed by atoms with van der Waals surface area (Å²) < 4.78 is 12.2. The van der Waals surface area contributed by atoms with Crippen LogP contribution in [-0.2, 0) is 11.3 Å².